The van der Waals surface area contributed by atoms with Crippen molar-refractivity contribution in [1.29, 1.82) is 0 Å². The number of nitrogens with zero attached hydrogens (tertiary/aromatic N) is 1. The largest absolute Gasteiger partial charge is 0.296 e. The zero-order chi connectivity index (χ0) is 12.9. The van der Waals surface area contributed by atoms with Crippen LogP contribution in [0.25, 0.3) is 0 Å². The molecule has 0 aliphatic carbocycles. The Morgan fingerprint density at radius 3 is 2.65 bits per heavy atom. The van der Waals surface area contributed by atoms with Crippen LogP contribution in [0, 0.1) is 0 Å². The number of aromatic nitrogens is 1. The lowest BCUT2D eigenvalue weighted by Crippen LogP contribution is -2.24. The topological polar surface area (TPSA) is 56.1 Å². The number of rotatable bonds is 5. The van der Waals surface area contributed by atoms with Crippen LogP contribution in [-0.2, 0) is 10.0 Å². The van der Waals surface area contributed by atoms with Crippen LogP contribution in [-0.4, -0.2) is 23.9 Å². The Labute approximate surface area is 101 Å². The van der Waals surface area contributed by atoms with E-state index in [2.05, 4.69) is 0 Å². The van der Waals surface area contributed by atoms with Crippen molar-refractivity contribution in [2.45, 2.75) is 19.1 Å². The van der Waals surface area contributed by atoms with E-state index < -0.39 is 15.3 Å². The van der Waals surface area contributed by atoms with E-state index in [4.69, 9.17) is 0 Å². The fraction of sp³-hybridized carbons (Fsp3) is 0.250. The molecule has 17 heavy (non-hydrogen) atoms. The lowest BCUT2D eigenvalue weighted by atomic mass is 10.4. The second-order valence-electron chi connectivity index (χ2n) is 3.51. The number of aldehydes is 1. The van der Waals surface area contributed by atoms with E-state index in [0.717, 1.165) is 3.97 Å². The van der Waals surface area contributed by atoms with Gasteiger partial charge in [-0.15, -0.1) is 0 Å². The van der Waals surface area contributed by atoms with E-state index in [1.807, 2.05) is 13.0 Å². The van der Waals surface area contributed by atoms with Gasteiger partial charge < -0.3 is 0 Å². The van der Waals surface area contributed by atoms with Crippen LogP contribution in [0.15, 0.2) is 42.6 Å². The summed E-state index contributed by atoms with van der Waals surface area (Å²) in [5, 5.41) is -0.690. The summed E-state index contributed by atoms with van der Waals surface area (Å²) in [7, 11) is -3.55. The highest BCUT2D eigenvalue weighted by molar-refractivity contribution is 7.90. The van der Waals surface area contributed by atoms with E-state index in [1.165, 1.54) is 18.3 Å². The van der Waals surface area contributed by atoms with Crippen molar-refractivity contribution in [3.63, 3.8) is 0 Å². The molecule has 4 nitrogen and oxygen atoms in total. The summed E-state index contributed by atoms with van der Waals surface area (Å²) >= 11 is 0. The third-order valence-electron chi connectivity index (χ3n) is 2.29. The molecule has 1 atom stereocenters. The average Bonchev–Trinajstić information content (AvgIpc) is 2.77. The molecule has 1 rings (SSSR count). The fourth-order valence-corrected chi connectivity index (χ4v) is 2.60. The second-order valence-corrected chi connectivity index (χ2v) is 5.67. The van der Waals surface area contributed by atoms with E-state index in [1.54, 1.807) is 25.2 Å². The quantitative estimate of drug-likeness (QED) is 0.595. The minimum absolute atomic E-state index is 0.135. The van der Waals surface area contributed by atoms with Gasteiger partial charge >= 0.3 is 0 Å². The van der Waals surface area contributed by atoms with Crippen molar-refractivity contribution < 1.29 is 13.2 Å². The highest BCUT2D eigenvalue weighted by Gasteiger charge is 2.21. The third kappa shape index (κ3) is 2.94. The molecule has 1 aromatic heterocycles. The molecule has 0 spiro atoms. The molecule has 0 saturated carbocycles. The summed E-state index contributed by atoms with van der Waals surface area (Å²) in [5.74, 6) is 0. The van der Waals surface area contributed by atoms with Crippen LogP contribution in [0.1, 0.15) is 24.3 Å². The lowest BCUT2D eigenvalue weighted by molar-refractivity contribution is 0.111. The van der Waals surface area contributed by atoms with Crippen LogP contribution >= 0.6 is 0 Å². The van der Waals surface area contributed by atoms with Gasteiger partial charge in [-0.1, -0.05) is 24.3 Å². The van der Waals surface area contributed by atoms with Gasteiger partial charge in [0.2, 0.25) is 10.0 Å². The fourth-order valence-electron chi connectivity index (χ4n) is 1.31. The van der Waals surface area contributed by atoms with Gasteiger partial charge in [-0.3, -0.25) is 4.79 Å². The van der Waals surface area contributed by atoms with Crippen LogP contribution < -0.4 is 0 Å². The predicted molar refractivity (Wildman–Crippen MR) is 67.6 cm³/mol. The summed E-state index contributed by atoms with van der Waals surface area (Å²) in [5.41, 5.74) is 0.135. The molecule has 0 aliphatic rings. The van der Waals surface area contributed by atoms with Gasteiger partial charge in [-0.2, -0.15) is 0 Å². The minimum atomic E-state index is -3.55. The molecule has 0 bridgehead atoms. The first-order chi connectivity index (χ1) is 8.04. The van der Waals surface area contributed by atoms with Crippen molar-refractivity contribution in [2.75, 3.05) is 0 Å². The summed E-state index contributed by atoms with van der Waals surface area (Å²) in [6.45, 7) is 3.42. The molecule has 1 unspecified atom stereocenters. The zero-order valence-electron chi connectivity index (χ0n) is 9.78. The van der Waals surface area contributed by atoms with E-state index >= 15 is 0 Å². The second kappa shape index (κ2) is 5.63. The maximum absolute atomic E-state index is 12.1. The monoisotopic (exact) mass is 253 g/mol. The van der Waals surface area contributed by atoms with Crippen LogP contribution in [0.3, 0.4) is 0 Å². The average molecular weight is 253 g/mol. The van der Waals surface area contributed by atoms with Gasteiger partial charge in [0.25, 0.3) is 0 Å². The molecule has 0 amide bonds. The molecule has 0 saturated heterocycles. The third-order valence-corrected chi connectivity index (χ3v) is 4.27. The van der Waals surface area contributed by atoms with Crippen LogP contribution in [0.5, 0.6) is 0 Å². The molecule has 5 heteroatoms. The molecule has 1 heterocycles. The maximum atomic E-state index is 12.1. The Bertz CT molecular complexity index is 538. The van der Waals surface area contributed by atoms with Crippen LogP contribution in [0.4, 0.5) is 0 Å². The van der Waals surface area contributed by atoms with E-state index in [-0.39, 0.29) is 5.69 Å². The summed E-state index contributed by atoms with van der Waals surface area (Å²) in [6, 6.07) is 3.00. The number of carbonyl (C=O) groups is 1. The summed E-state index contributed by atoms with van der Waals surface area (Å²) < 4.78 is 25.2. The highest BCUT2D eigenvalue weighted by atomic mass is 32.2. The molecular formula is C12H15NO3S. The van der Waals surface area contributed by atoms with Gasteiger partial charge in [0.1, 0.15) is 0 Å². The van der Waals surface area contributed by atoms with Gasteiger partial charge in [-0.25, -0.2) is 12.4 Å². The highest BCUT2D eigenvalue weighted by Crippen LogP contribution is 2.11. The predicted octanol–water partition coefficient (Wildman–Crippen LogP) is 2.00. The van der Waals surface area contributed by atoms with Gasteiger partial charge in [-0.05, 0) is 26.0 Å². The standard InChI is InChI=1S/C12H15NO3S/c1-3-4-5-7-11(2)17(15,16)13-9-6-8-12(13)10-14/h3-11H,1-2H3/b4-3-,7-5-. The molecule has 1 aromatic rings. The van der Waals surface area contributed by atoms with E-state index in [9.17, 15) is 13.2 Å². The Balaban J connectivity index is 3.07. The number of carbonyl (C=O) groups excluding carboxylic acids is 1. The Kier molecular flexibility index (Phi) is 4.45. The molecule has 92 valence electrons. The Hall–Kier alpha value is -1.62. The van der Waals surface area contributed by atoms with E-state index in [0.29, 0.717) is 6.29 Å². The normalized spacial score (nSPS) is 14.5. The molecule has 0 aromatic carbocycles. The van der Waals surface area contributed by atoms with Gasteiger partial charge in [0.15, 0.2) is 6.29 Å². The lowest BCUT2D eigenvalue weighted by Gasteiger charge is -2.11. The minimum Gasteiger partial charge on any atom is -0.296 e. The number of hydrogen-bond donors (Lipinski definition) is 0. The molecule has 0 N–H and O–H groups in total. The number of hydrogen-bond acceptors (Lipinski definition) is 3. The molecule has 0 fully saturated rings. The van der Waals surface area contributed by atoms with Crippen molar-refractivity contribution >= 4 is 16.3 Å². The van der Waals surface area contributed by atoms with Crippen molar-refractivity contribution in [1.82, 2.24) is 3.97 Å². The van der Waals surface area contributed by atoms with Crippen molar-refractivity contribution in [3.8, 4) is 0 Å². The molecule has 0 aliphatic heterocycles. The van der Waals surface area contributed by atoms with Crippen molar-refractivity contribution in [2.24, 2.45) is 0 Å². The SMILES string of the molecule is C/C=C\C=C/C(C)S(=O)(=O)n1cccc1C=O. The zero-order valence-corrected chi connectivity index (χ0v) is 10.6. The summed E-state index contributed by atoms with van der Waals surface area (Å²) in [4.78, 5) is 10.7. The van der Waals surface area contributed by atoms with Crippen LogP contribution in [0.2, 0.25) is 0 Å². The first-order valence-electron chi connectivity index (χ1n) is 5.20. The smallest absolute Gasteiger partial charge is 0.245 e. The van der Waals surface area contributed by atoms with Crippen molar-refractivity contribution in [3.05, 3.63) is 48.3 Å². The number of allylic oxidation sites excluding steroid dienone is 3. The molecular weight excluding hydrogens is 238 g/mol. The van der Waals surface area contributed by atoms with Gasteiger partial charge in [0.05, 0.1) is 10.9 Å². The maximum Gasteiger partial charge on any atom is 0.245 e. The first-order valence-corrected chi connectivity index (χ1v) is 6.70. The summed E-state index contributed by atoms with van der Waals surface area (Å²) in [6.07, 6.45) is 8.71. The Morgan fingerprint density at radius 2 is 2.06 bits per heavy atom. The Morgan fingerprint density at radius 1 is 1.35 bits per heavy atom. The first kappa shape index (κ1) is 13.4. The van der Waals surface area contributed by atoms with Gasteiger partial charge in [0, 0.05) is 6.20 Å². The molecule has 0 radical (unpaired) electrons.